The molecule has 0 atom stereocenters. The first-order chi connectivity index (χ1) is 15.6. The molecule has 1 amide bonds. The Labute approximate surface area is 185 Å². The number of hydrogen-bond donors (Lipinski definition) is 0. The number of carbonyl (C=O) groups excluding carboxylic acids is 1. The number of anilines is 1. The Morgan fingerprint density at radius 3 is 2.53 bits per heavy atom. The number of hydrogen-bond acceptors (Lipinski definition) is 7. The number of pyridine rings is 1. The quantitative estimate of drug-likeness (QED) is 0.493. The smallest absolute Gasteiger partial charge is 0.263 e. The van der Waals surface area contributed by atoms with Gasteiger partial charge in [-0.3, -0.25) is 9.78 Å². The average molecular weight is 428 g/mol. The molecule has 0 bridgehead atoms. The summed E-state index contributed by atoms with van der Waals surface area (Å²) in [5.41, 5.74) is 4.34. The van der Waals surface area contributed by atoms with Crippen LogP contribution in [0.2, 0.25) is 0 Å². The molecule has 0 aliphatic carbocycles. The van der Waals surface area contributed by atoms with Crippen molar-refractivity contribution >= 4 is 22.8 Å². The number of rotatable bonds is 4. The summed E-state index contributed by atoms with van der Waals surface area (Å²) in [4.78, 5) is 29.7. The molecule has 3 aromatic heterocycles. The molecular formula is C24H24N6O2. The van der Waals surface area contributed by atoms with Crippen LogP contribution in [-0.2, 0) is 11.2 Å². The highest BCUT2D eigenvalue weighted by Gasteiger charge is 2.26. The summed E-state index contributed by atoms with van der Waals surface area (Å²) in [6, 6.07) is 12.2. The van der Waals surface area contributed by atoms with Crippen molar-refractivity contribution in [3.05, 3.63) is 65.7 Å². The lowest BCUT2D eigenvalue weighted by Crippen LogP contribution is -2.48. The third kappa shape index (κ3) is 3.91. The van der Waals surface area contributed by atoms with Gasteiger partial charge in [0.1, 0.15) is 22.7 Å². The van der Waals surface area contributed by atoms with Gasteiger partial charge in [-0.05, 0) is 24.6 Å². The van der Waals surface area contributed by atoms with Crippen LogP contribution in [0.15, 0.2) is 53.3 Å². The molecule has 8 heteroatoms. The Hall–Kier alpha value is -3.81. The number of fused-ring (bicyclic) bond motifs is 1. The maximum Gasteiger partial charge on any atom is 0.263 e. The van der Waals surface area contributed by atoms with Crippen LogP contribution in [0, 0.1) is 6.92 Å². The van der Waals surface area contributed by atoms with Crippen molar-refractivity contribution in [3.63, 3.8) is 0 Å². The monoisotopic (exact) mass is 428 g/mol. The van der Waals surface area contributed by atoms with Gasteiger partial charge < -0.3 is 14.3 Å². The Kier molecular flexibility index (Phi) is 5.26. The van der Waals surface area contributed by atoms with Crippen molar-refractivity contribution in [3.8, 4) is 11.3 Å². The SMILES string of the molecule is CC(=O)N1CCN(c2nc(Cc3ccc(C)cc3)nc3onc(-c4cccnc4)c23)CC1. The zero-order valence-electron chi connectivity index (χ0n) is 18.2. The number of aryl methyl sites for hydroxylation is 1. The van der Waals surface area contributed by atoms with Gasteiger partial charge in [-0.15, -0.1) is 0 Å². The zero-order valence-corrected chi connectivity index (χ0v) is 18.2. The fourth-order valence-corrected chi connectivity index (χ4v) is 4.01. The van der Waals surface area contributed by atoms with Gasteiger partial charge >= 0.3 is 0 Å². The molecule has 4 heterocycles. The van der Waals surface area contributed by atoms with E-state index >= 15 is 0 Å². The molecule has 0 radical (unpaired) electrons. The van der Waals surface area contributed by atoms with E-state index in [4.69, 9.17) is 9.51 Å². The number of benzene rings is 1. The summed E-state index contributed by atoms with van der Waals surface area (Å²) in [5.74, 6) is 1.57. The summed E-state index contributed by atoms with van der Waals surface area (Å²) in [5, 5.41) is 5.09. The fraction of sp³-hybridized carbons (Fsp3) is 0.292. The average Bonchev–Trinajstić information content (AvgIpc) is 3.25. The second-order valence-electron chi connectivity index (χ2n) is 8.07. The number of nitrogens with zero attached hydrogens (tertiary/aromatic N) is 6. The third-order valence-electron chi connectivity index (χ3n) is 5.81. The molecule has 1 aromatic carbocycles. The Bertz CT molecular complexity index is 1240. The Balaban J connectivity index is 1.58. The third-order valence-corrected chi connectivity index (χ3v) is 5.81. The zero-order chi connectivity index (χ0) is 22.1. The van der Waals surface area contributed by atoms with Crippen molar-refractivity contribution in [2.75, 3.05) is 31.1 Å². The molecule has 1 aliphatic heterocycles. The molecule has 0 spiro atoms. The second kappa shape index (κ2) is 8.37. The van der Waals surface area contributed by atoms with Crippen LogP contribution in [0.1, 0.15) is 23.9 Å². The fourth-order valence-electron chi connectivity index (χ4n) is 4.01. The van der Waals surface area contributed by atoms with E-state index in [9.17, 15) is 4.79 Å². The van der Waals surface area contributed by atoms with E-state index in [1.165, 1.54) is 5.56 Å². The number of piperazine rings is 1. The van der Waals surface area contributed by atoms with Gasteiger partial charge in [0.05, 0.1) is 0 Å². The predicted octanol–water partition coefficient (Wildman–Crippen LogP) is 3.25. The highest BCUT2D eigenvalue weighted by Crippen LogP contribution is 2.34. The van der Waals surface area contributed by atoms with Crippen LogP contribution in [0.5, 0.6) is 0 Å². The van der Waals surface area contributed by atoms with Gasteiger partial charge in [-0.1, -0.05) is 35.0 Å². The van der Waals surface area contributed by atoms with E-state index in [1.54, 1.807) is 19.3 Å². The number of amides is 1. The minimum absolute atomic E-state index is 0.0959. The van der Waals surface area contributed by atoms with E-state index in [0.29, 0.717) is 49.8 Å². The molecule has 1 saturated heterocycles. The van der Waals surface area contributed by atoms with Crippen LogP contribution in [0.4, 0.5) is 5.82 Å². The highest BCUT2D eigenvalue weighted by atomic mass is 16.5. The molecular weight excluding hydrogens is 404 g/mol. The van der Waals surface area contributed by atoms with Crippen LogP contribution in [-0.4, -0.2) is 57.1 Å². The Morgan fingerprint density at radius 1 is 1.06 bits per heavy atom. The summed E-state index contributed by atoms with van der Waals surface area (Å²) in [6.45, 7) is 6.36. The molecule has 32 heavy (non-hydrogen) atoms. The first-order valence-corrected chi connectivity index (χ1v) is 10.7. The van der Waals surface area contributed by atoms with Crippen molar-refractivity contribution < 1.29 is 9.32 Å². The first-order valence-electron chi connectivity index (χ1n) is 10.7. The van der Waals surface area contributed by atoms with Crippen molar-refractivity contribution in [2.45, 2.75) is 20.3 Å². The molecule has 0 unspecified atom stereocenters. The summed E-state index contributed by atoms with van der Waals surface area (Å²) in [6.07, 6.45) is 4.08. The van der Waals surface area contributed by atoms with E-state index < -0.39 is 0 Å². The molecule has 162 valence electrons. The number of aromatic nitrogens is 4. The largest absolute Gasteiger partial charge is 0.352 e. The van der Waals surface area contributed by atoms with Gasteiger partial charge in [0.15, 0.2) is 0 Å². The van der Waals surface area contributed by atoms with Crippen molar-refractivity contribution in [1.82, 2.24) is 25.0 Å². The molecule has 5 rings (SSSR count). The lowest BCUT2D eigenvalue weighted by Gasteiger charge is -2.35. The summed E-state index contributed by atoms with van der Waals surface area (Å²) < 4.78 is 5.67. The molecule has 0 saturated carbocycles. The van der Waals surface area contributed by atoms with E-state index in [2.05, 4.69) is 51.2 Å². The molecule has 4 aromatic rings. The van der Waals surface area contributed by atoms with Crippen molar-refractivity contribution in [1.29, 1.82) is 0 Å². The topological polar surface area (TPSA) is 88.3 Å². The van der Waals surface area contributed by atoms with Gasteiger partial charge in [0, 0.05) is 57.5 Å². The maximum absolute atomic E-state index is 11.8. The highest BCUT2D eigenvalue weighted by molar-refractivity contribution is 5.98. The van der Waals surface area contributed by atoms with E-state index in [0.717, 1.165) is 22.3 Å². The lowest BCUT2D eigenvalue weighted by atomic mass is 10.1. The molecule has 0 N–H and O–H groups in total. The van der Waals surface area contributed by atoms with E-state index in [-0.39, 0.29) is 5.91 Å². The molecule has 1 aliphatic rings. The number of carbonyl (C=O) groups is 1. The van der Waals surface area contributed by atoms with Crippen LogP contribution in [0.25, 0.3) is 22.4 Å². The van der Waals surface area contributed by atoms with Crippen LogP contribution >= 0.6 is 0 Å². The summed E-state index contributed by atoms with van der Waals surface area (Å²) in [7, 11) is 0. The van der Waals surface area contributed by atoms with Gasteiger partial charge in [0.25, 0.3) is 5.71 Å². The maximum atomic E-state index is 11.8. The van der Waals surface area contributed by atoms with E-state index in [1.807, 2.05) is 17.0 Å². The second-order valence-corrected chi connectivity index (χ2v) is 8.07. The molecule has 1 fully saturated rings. The normalized spacial score (nSPS) is 14.2. The first kappa shape index (κ1) is 20.1. The minimum Gasteiger partial charge on any atom is -0.352 e. The van der Waals surface area contributed by atoms with Gasteiger partial charge in [-0.2, -0.15) is 4.98 Å². The lowest BCUT2D eigenvalue weighted by molar-refractivity contribution is -0.129. The van der Waals surface area contributed by atoms with Crippen LogP contribution < -0.4 is 4.90 Å². The predicted molar refractivity (Wildman–Crippen MR) is 121 cm³/mol. The van der Waals surface area contributed by atoms with Gasteiger partial charge in [0.2, 0.25) is 5.91 Å². The van der Waals surface area contributed by atoms with Crippen LogP contribution in [0.3, 0.4) is 0 Å². The standard InChI is InChI=1S/C24H24N6O2/c1-16-5-7-18(8-6-16)14-20-26-23(30-12-10-29(11-13-30)17(2)31)21-22(28-32-24(21)27-20)19-4-3-9-25-15-19/h3-9,15H,10-14H2,1-2H3. The minimum atomic E-state index is 0.0959. The summed E-state index contributed by atoms with van der Waals surface area (Å²) >= 11 is 0. The van der Waals surface area contributed by atoms with Gasteiger partial charge in [-0.25, -0.2) is 4.98 Å². The Morgan fingerprint density at radius 2 is 1.84 bits per heavy atom. The molecule has 8 nitrogen and oxygen atoms in total. The van der Waals surface area contributed by atoms with Crippen molar-refractivity contribution in [2.24, 2.45) is 0 Å².